The molecule has 7 nitrogen and oxygen atoms in total. The average molecular weight is 388 g/mol. The van der Waals surface area contributed by atoms with Gasteiger partial charge in [-0.2, -0.15) is 5.10 Å². The Morgan fingerprint density at radius 2 is 1.82 bits per heavy atom. The molecule has 2 aromatic rings. The Hall–Kier alpha value is -2.38. The quantitative estimate of drug-likeness (QED) is 0.314. The summed E-state index contributed by atoms with van der Waals surface area (Å²) >= 11 is 0. The third-order valence-electron chi connectivity index (χ3n) is 3.97. The number of benzene rings is 1. The maximum absolute atomic E-state index is 5.57. The van der Waals surface area contributed by atoms with E-state index in [1.165, 1.54) is 0 Å². The SMILES string of the molecule is CCCCOCCOCCNC(=NCc1cnn(-c2ccccc2)c1)NCC. The van der Waals surface area contributed by atoms with Crippen molar-refractivity contribution in [1.82, 2.24) is 20.4 Å². The standard InChI is InChI=1S/C21H33N5O2/c1-3-5-12-27-14-15-28-13-11-23-21(22-4-2)24-16-19-17-25-26(18-19)20-9-7-6-8-10-20/h6-10,17-18H,3-5,11-16H2,1-2H3,(H2,22,23,24). The molecule has 2 rings (SSSR count). The van der Waals surface area contributed by atoms with Gasteiger partial charge in [0.15, 0.2) is 5.96 Å². The summed E-state index contributed by atoms with van der Waals surface area (Å²) in [7, 11) is 0. The molecule has 0 aliphatic heterocycles. The molecule has 7 heteroatoms. The molecule has 1 heterocycles. The zero-order valence-corrected chi connectivity index (χ0v) is 17.1. The minimum absolute atomic E-state index is 0.564. The number of ether oxygens (including phenoxy) is 2. The van der Waals surface area contributed by atoms with Crippen LogP contribution < -0.4 is 10.6 Å². The van der Waals surface area contributed by atoms with E-state index in [1.54, 1.807) is 0 Å². The van der Waals surface area contributed by atoms with Crippen molar-refractivity contribution in [1.29, 1.82) is 0 Å². The largest absolute Gasteiger partial charge is 0.379 e. The molecule has 0 saturated carbocycles. The van der Waals surface area contributed by atoms with Crippen LogP contribution in [0.2, 0.25) is 0 Å². The Morgan fingerprint density at radius 3 is 2.57 bits per heavy atom. The molecule has 0 fully saturated rings. The number of hydrogen-bond donors (Lipinski definition) is 2. The first kappa shape index (κ1) is 21.9. The van der Waals surface area contributed by atoms with Crippen molar-refractivity contribution in [2.24, 2.45) is 4.99 Å². The third-order valence-corrected chi connectivity index (χ3v) is 3.97. The summed E-state index contributed by atoms with van der Waals surface area (Å²) in [5.74, 6) is 0.776. The van der Waals surface area contributed by atoms with Crippen molar-refractivity contribution in [3.63, 3.8) is 0 Å². The van der Waals surface area contributed by atoms with Gasteiger partial charge in [0.2, 0.25) is 0 Å². The molecule has 0 aliphatic carbocycles. The Kier molecular flexibility index (Phi) is 10.8. The van der Waals surface area contributed by atoms with Crippen LogP contribution in [-0.2, 0) is 16.0 Å². The summed E-state index contributed by atoms with van der Waals surface area (Å²) in [6, 6.07) is 10.1. The minimum atomic E-state index is 0.564. The highest BCUT2D eigenvalue weighted by Crippen LogP contribution is 2.08. The fourth-order valence-corrected chi connectivity index (χ4v) is 2.49. The summed E-state index contributed by atoms with van der Waals surface area (Å²) in [5, 5.41) is 10.9. The van der Waals surface area contributed by atoms with Crippen molar-refractivity contribution in [3.05, 3.63) is 48.3 Å². The topological polar surface area (TPSA) is 72.7 Å². The number of para-hydroxylation sites is 1. The molecule has 28 heavy (non-hydrogen) atoms. The highest BCUT2D eigenvalue weighted by atomic mass is 16.5. The molecule has 0 aliphatic rings. The summed E-state index contributed by atoms with van der Waals surface area (Å²) < 4.78 is 12.9. The van der Waals surface area contributed by atoms with E-state index < -0.39 is 0 Å². The van der Waals surface area contributed by atoms with Gasteiger partial charge in [0.05, 0.1) is 38.2 Å². The predicted octanol–water partition coefficient (Wildman–Crippen LogP) is 2.76. The van der Waals surface area contributed by atoms with E-state index in [9.17, 15) is 0 Å². The number of nitrogens with zero attached hydrogens (tertiary/aromatic N) is 3. The van der Waals surface area contributed by atoms with Crippen LogP contribution in [0.25, 0.3) is 5.69 Å². The van der Waals surface area contributed by atoms with Crippen LogP contribution in [0, 0.1) is 0 Å². The molecule has 0 spiro atoms. The lowest BCUT2D eigenvalue weighted by Gasteiger charge is -2.11. The molecular weight excluding hydrogens is 354 g/mol. The van der Waals surface area contributed by atoms with Crippen molar-refractivity contribution in [2.45, 2.75) is 33.2 Å². The maximum Gasteiger partial charge on any atom is 0.191 e. The fraction of sp³-hybridized carbons (Fsp3) is 0.524. The monoisotopic (exact) mass is 387 g/mol. The van der Waals surface area contributed by atoms with Gasteiger partial charge >= 0.3 is 0 Å². The van der Waals surface area contributed by atoms with Gasteiger partial charge in [-0.05, 0) is 25.5 Å². The van der Waals surface area contributed by atoms with Crippen LogP contribution in [0.5, 0.6) is 0 Å². The molecule has 2 N–H and O–H groups in total. The molecule has 154 valence electrons. The van der Waals surface area contributed by atoms with Gasteiger partial charge < -0.3 is 20.1 Å². The summed E-state index contributed by atoms with van der Waals surface area (Å²) in [5.41, 5.74) is 2.10. The van der Waals surface area contributed by atoms with Crippen LogP contribution >= 0.6 is 0 Å². The van der Waals surface area contributed by atoms with Gasteiger partial charge in [-0.3, -0.25) is 0 Å². The third kappa shape index (κ3) is 8.54. The van der Waals surface area contributed by atoms with Crippen molar-refractivity contribution in [2.75, 3.05) is 39.5 Å². The van der Waals surface area contributed by atoms with E-state index in [4.69, 9.17) is 9.47 Å². The van der Waals surface area contributed by atoms with Crippen LogP contribution in [0.3, 0.4) is 0 Å². The lowest BCUT2D eigenvalue weighted by Crippen LogP contribution is -2.39. The fourth-order valence-electron chi connectivity index (χ4n) is 2.49. The molecule has 1 aromatic carbocycles. The van der Waals surface area contributed by atoms with Crippen LogP contribution in [0.1, 0.15) is 32.3 Å². The Balaban J connectivity index is 1.70. The van der Waals surface area contributed by atoms with Gasteiger partial charge in [0.1, 0.15) is 0 Å². The number of unbranched alkanes of at least 4 members (excludes halogenated alkanes) is 1. The van der Waals surface area contributed by atoms with Crippen molar-refractivity contribution < 1.29 is 9.47 Å². The molecule has 0 bridgehead atoms. The van der Waals surface area contributed by atoms with Gasteiger partial charge in [0.25, 0.3) is 0 Å². The van der Waals surface area contributed by atoms with Crippen LogP contribution in [0.4, 0.5) is 0 Å². The van der Waals surface area contributed by atoms with E-state index in [1.807, 2.05) is 47.4 Å². The normalized spacial score (nSPS) is 11.6. The Bertz CT molecular complexity index is 672. The predicted molar refractivity (Wildman–Crippen MR) is 113 cm³/mol. The number of aliphatic imine (C=N–C) groups is 1. The van der Waals surface area contributed by atoms with E-state index in [0.29, 0.717) is 32.9 Å². The lowest BCUT2D eigenvalue weighted by atomic mass is 10.3. The van der Waals surface area contributed by atoms with Crippen LogP contribution in [0.15, 0.2) is 47.7 Å². The second-order valence-corrected chi connectivity index (χ2v) is 6.33. The van der Waals surface area contributed by atoms with Crippen molar-refractivity contribution >= 4 is 5.96 Å². The summed E-state index contributed by atoms with van der Waals surface area (Å²) in [6.45, 7) is 8.99. The second kappa shape index (κ2) is 13.7. The van der Waals surface area contributed by atoms with Gasteiger partial charge in [-0.15, -0.1) is 0 Å². The summed E-state index contributed by atoms with van der Waals surface area (Å²) in [6.07, 6.45) is 6.12. The first-order chi connectivity index (χ1) is 13.8. The minimum Gasteiger partial charge on any atom is -0.379 e. The molecule has 1 aromatic heterocycles. The van der Waals surface area contributed by atoms with E-state index in [-0.39, 0.29) is 0 Å². The number of aromatic nitrogens is 2. The van der Waals surface area contributed by atoms with Gasteiger partial charge in [0, 0.05) is 31.5 Å². The highest BCUT2D eigenvalue weighted by molar-refractivity contribution is 5.79. The molecule has 0 unspecified atom stereocenters. The number of rotatable bonds is 13. The van der Waals surface area contributed by atoms with E-state index in [2.05, 4.69) is 34.6 Å². The molecule has 0 amide bonds. The molecule has 0 radical (unpaired) electrons. The maximum atomic E-state index is 5.57. The first-order valence-electron chi connectivity index (χ1n) is 10.1. The smallest absolute Gasteiger partial charge is 0.191 e. The Labute approximate surface area is 168 Å². The van der Waals surface area contributed by atoms with Crippen molar-refractivity contribution in [3.8, 4) is 5.69 Å². The molecule has 0 atom stereocenters. The number of nitrogens with one attached hydrogen (secondary N) is 2. The number of hydrogen-bond acceptors (Lipinski definition) is 4. The lowest BCUT2D eigenvalue weighted by molar-refractivity contribution is 0.0487. The number of guanidine groups is 1. The molecule has 0 saturated heterocycles. The van der Waals surface area contributed by atoms with E-state index >= 15 is 0 Å². The average Bonchev–Trinajstić information content (AvgIpc) is 3.20. The Morgan fingerprint density at radius 1 is 1.04 bits per heavy atom. The highest BCUT2D eigenvalue weighted by Gasteiger charge is 2.02. The van der Waals surface area contributed by atoms with Gasteiger partial charge in [-0.25, -0.2) is 9.67 Å². The molecular formula is C21H33N5O2. The van der Waals surface area contributed by atoms with E-state index in [0.717, 1.165) is 43.2 Å². The second-order valence-electron chi connectivity index (χ2n) is 6.33. The van der Waals surface area contributed by atoms with Gasteiger partial charge in [-0.1, -0.05) is 31.5 Å². The zero-order chi connectivity index (χ0) is 19.9. The zero-order valence-electron chi connectivity index (χ0n) is 17.1. The summed E-state index contributed by atoms with van der Waals surface area (Å²) in [4.78, 5) is 4.62. The van der Waals surface area contributed by atoms with Crippen LogP contribution in [-0.4, -0.2) is 55.3 Å². The first-order valence-corrected chi connectivity index (χ1v) is 10.1.